The molecule has 2 aliphatic rings. The van der Waals surface area contributed by atoms with E-state index >= 15 is 4.39 Å². The van der Waals surface area contributed by atoms with Gasteiger partial charge in [-0.3, -0.25) is 8.98 Å². The van der Waals surface area contributed by atoms with Crippen LogP contribution < -0.4 is 0 Å². The number of rotatable bonds is 7. The Bertz CT molecular complexity index is 828. The SMILES string of the molecule is CCOC(=O)C1(N=[N+]=[N-])[C@H]2[C@@H](C[C@H]1OS(=O)(=O)C(F)(F)F)[C@]2(F)C(=O)OCC. The molecular formula is C13H15F4N3O7S. The Labute approximate surface area is 155 Å². The topological polar surface area (TPSA) is 145 Å². The number of halogens is 4. The molecule has 0 aliphatic heterocycles. The predicted molar refractivity (Wildman–Crippen MR) is 80.4 cm³/mol. The largest absolute Gasteiger partial charge is 0.523 e. The molecule has 0 amide bonds. The second-order valence-corrected chi connectivity index (χ2v) is 7.59. The van der Waals surface area contributed by atoms with Crippen LogP contribution in [0.4, 0.5) is 17.6 Å². The van der Waals surface area contributed by atoms with Crippen molar-refractivity contribution in [1.82, 2.24) is 0 Å². The Morgan fingerprint density at radius 1 is 1.21 bits per heavy atom. The maximum absolute atomic E-state index is 15.2. The van der Waals surface area contributed by atoms with E-state index in [9.17, 15) is 31.2 Å². The van der Waals surface area contributed by atoms with Gasteiger partial charge in [0.15, 0.2) is 5.54 Å². The van der Waals surface area contributed by atoms with Crippen molar-refractivity contribution in [3.05, 3.63) is 10.4 Å². The number of nitrogens with zero attached hydrogens (tertiary/aromatic N) is 3. The lowest BCUT2D eigenvalue weighted by Crippen LogP contribution is -2.54. The molecule has 2 aliphatic carbocycles. The molecular weight excluding hydrogens is 418 g/mol. The van der Waals surface area contributed by atoms with Crippen molar-refractivity contribution in [2.45, 2.75) is 43.1 Å². The number of azide groups is 1. The van der Waals surface area contributed by atoms with Gasteiger partial charge in [0.2, 0.25) is 5.67 Å². The summed E-state index contributed by atoms with van der Waals surface area (Å²) in [5.41, 5.74) is -2.72. The summed E-state index contributed by atoms with van der Waals surface area (Å²) in [6.07, 6.45) is -3.05. The molecule has 15 heteroatoms. The second-order valence-electron chi connectivity index (χ2n) is 6.03. The van der Waals surface area contributed by atoms with Crippen LogP contribution in [0.5, 0.6) is 0 Å². The van der Waals surface area contributed by atoms with Crippen LogP contribution in [0, 0.1) is 11.8 Å². The van der Waals surface area contributed by atoms with Gasteiger partial charge in [-0.15, -0.1) is 0 Å². The van der Waals surface area contributed by atoms with Gasteiger partial charge in [0, 0.05) is 16.7 Å². The number of hydrogen-bond donors (Lipinski definition) is 0. The number of ether oxygens (including phenoxy) is 2. The predicted octanol–water partition coefficient (Wildman–Crippen LogP) is 1.75. The molecule has 0 aromatic rings. The average molecular weight is 433 g/mol. The average Bonchev–Trinajstić information content (AvgIpc) is 3.02. The van der Waals surface area contributed by atoms with Crippen LogP contribution in [-0.2, 0) is 33.4 Å². The monoisotopic (exact) mass is 433 g/mol. The Kier molecular flexibility index (Phi) is 5.58. The normalized spacial score (nSPS) is 34.1. The Morgan fingerprint density at radius 2 is 1.75 bits per heavy atom. The van der Waals surface area contributed by atoms with Gasteiger partial charge in [-0.25, -0.2) is 9.18 Å². The lowest BCUT2D eigenvalue weighted by Gasteiger charge is -2.32. The van der Waals surface area contributed by atoms with Crippen LogP contribution in [0.1, 0.15) is 20.3 Å². The van der Waals surface area contributed by atoms with Crippen molar-refractivity contribution in [1.29, 1.82) is 0 Å². The molecule has 28 heavy (non-hydrogen) atoms. The zero-order valence-electron chi connectivity index (χ0n) is 14.5. The number of esters is 2. The van der Waals surface area contributed by atoms with Gasteiger partial charge >= 0.3 is 27.6 Å². The highest BCUT2D eigenvalue weighted by Crippen LogP contribution is 2.70. The summed E-state index contributed by atoms with van der Waals surface area (Å²) >= 11 is 0. The van der Waals surface area contributed by atoms with Crippen LogP contribution in [-0.4, -0.2) is 56.4 Å². The van der Waals surface area contributed by atoms with Crippen molar-refractivity contribution in [3.8, 4) is 0 Å². The van der Waals surface area contributed by atoms with E-state index in [1.807, 2.05) is 0 Å². The van der Waals surface area contributed by atoms with Crippen LogP contribution in [0.25, 0.3) is 10.4 Å². The molecule has 158 valence electrons. The number of carbonyl (C=O) groups excluding carboxylic acids is 2. The standard InChI is InChI=1S/C13H15F4N3O7S/c1-3-25-9(21)11(14)6-5-7(27-28(23,24)13(15,16)17)12(8(6)11,19-20-18)10(22)26-4-2/h6-8H,3-5H2,1-2H3/t6-,7-,8+,11-,12?/m1/s1. The minimum atomic E-state index is -6.22. The minimum absolute atomic E-state index is 0.236. The summed E-state index contributed by atoms with van der Waals surface area (Å²) in [6, 6.07) is 0. The number of hydrogen-bond acceptors (Lipinski definition) is 8. The molecule has 0 aromatic carbocycles. The first-order valence-electron chi connectivity index (χ1n) is 7.93. The van der Waals surface area contributed by atoms with Gasteiger partial charge in [-0.1, -0.05) is 5.11 Å². The zero-order valence-corrected chi connectivity index (χ0v) is 15.3. The molecule has 0 radical (unpaired) electrons. The maximum Gasteiger partial charge on any atom is 0.523 e. The fraction of sp³-hybridized carbons (Fsp3) is 0.846. The van der Waals surface area contributed by atoms with Crippen LogP contribution in [0.2, 0.25) is 0 Å². The molecule has 2 rings (SSSR count). The molecule has 10 nitrogen and oxygen atoms in total. The fourth-order valence-electron chi connectivity index (χ4n) is 3.56. The summed E-state index contributed by atoms with van der Waals surface area (Å²) in [4.78, 5) is 26.7. The van der Waals surface area contributed by atoms with E-state index in [0.717, 1.165) is 0 Å². The fourth-order valence-corrected chi connectivity index (χ4v) is 4.20. The number of fused-ring (bicyclic) bond motifs is 1. The van der Waals surface area contributed by atoms with Gasteiger partial charge in [0.25, 0.3) is 0 Å². The lowest BCUT2D eigenvalue weighted by atomic mass is 9.87. The van der Waals surface area contributed by atoms with E-state index in [4.69, 9.17) is 5.53 Å². The van der Waals surface area contributed by atoms with Crippen LogP contribution in [0.15, 0.2) is 5.11 Å². The molecule has 0 N–H and O–H groups in total. The lowest BCUT2D eigenvalue weighted by molar-refractivity contribution is -0.159. The first-order valence-corrected chi connectivity index (χ1v) is 9.34. The van der Waals surface area contributed by atoms with Gasteiger partial charge < -0.3 is 9.47 Å². The molecule has 1 unspecified atom stereocenters. The first-order chi connectivity index (χ1) is 12.8. The summed E-state index contributed by atoms with van der Waals surface area (Å²) in [5.74, 6) is -6.19. The van der Waals surface area contributed by atoms with E-state index in [1.165, 1.54) is 13.8 Å². The van der Waals surface area contributed by atoms with E-state index < -0.39 is 63.1 Å². The third-order valence-electron chi connectivity index (χ3n) is 4.65. The summed E-state index contributed by atoms with van der Waals surface area (Å²) in [5, 5.41) is 3.08. The summed E-state index contributed by atoms with van der Waals surface area (Å²) < 4.78 is 89.3. The zero-order chi connectivity index (χ0) is 21.5. The molecule has 2 saturated carbocycles. The van der Waals surface area contributed by atoms with Gasteiger partial charge in [-0.05, 0) is 25.8 Å². The van der Waals surface area contributed by atoms with Crippen molar-refractivity contribution < 1.29 is 49.2 Å². The summed E-state index contributed by atoms with van der Waals surface area (Å²) in [7, 11) is -6.22. The van der Waals surface area contributed by atoms with Crippen LogP contribution >= 0.6 is 0 Å². The Balaban J connectivity index is 2.53. The van der Waals surface area contributed by atoms with Crippen LogP contribution in [0.3, 0.4) is 0 Å². The number of carbonyl (C=O) groups is 2. The quantitative estimate of drug-likeness (QED) is 0.113. The smallest absolute Gasteiger partial charge is 0.465 e. The van der Waals surface area contributed by atoms with E-state index in [2.05, 4.69) is 23.7 Å². The third kappa shape index (κ3) is 3.06. The second kappa shape index (κ2) is 7.04. The highest BCUT2D eigenvalue weighted by Gasteiger charge is 2.87. The molecule has 0 aromatic heterocycles. The highest BCUT2D eigenvalue weighted by molar-refractivity contribution is 7.87. The number of alkyl halides is 4. The third-order valence-corrected chi connectivity index (χ3v) is 5.70. The van der Waals surface area contributed by atoms with Gasteiger partial charge in [0.05, 0.1) is 13.2 Å². The molecule has 0 bridgehead atoms. The van der Waals surface area contributed by atoms with Crippen molar-refractivity contribution >= 4 is 22.1 Å². The molecule has 2 fully saturated rings. The van der Waals surface area contributed by atoms with Crippen molar-refractivity contribution in [2.75, 3.05) is 13.2 Å². The maximum atomic E-state index is 15.2. The van der Waals surface area contributed by atoms with Crippen molar-refractivity contribution in [2.24, 2.45) is 17.0 Å². The Hall–Kier alpha value is -2.12. The molecule has 5 atom stereocenters. The molecule has 0 heterocycles. The van der Waals surface area contributed by atoms with E-state index in [0.29, 0.717) is 0 Å². The highest BCUT2D eigenvalue weighted by atomic mass is 32.2. The molecule has 0 spiro atoms. The Morgan fingerprint density at radius 3 is 2.21 bits per heavy atom. The van der Waals surface area contributed by atoms with Gasteiger partial charge in [-0.2, -0.15) is 21.6 Å². The van der Waals surface area contributed by atoms with Crippen molar-refractivity contribution in [3.63, 3.8) is 0 Å². The van der Waals surface area contributed by atoms with E-state index in [-0.39, 0.29) is 13.2 Å². The van der Waals surface area contributed by atoms with E-state index in [1.54, 1.807) is 0 Å². The minimum Gasteiger partial charge on any atom is -0.465 e. The first kappa shape index (κ1) is 22.2. The molecule has 0 saturated heterocycles. The summed E-state index contributed by atoms with van der Waals surface area (Å²) in [6.45, 7) is 2.08. The van der Waals surface area contributed by atoms with Gasteiger partial charge in [0.1, 0.15) is 6.10 Å².